The van der Waals surface area contributed by atoms with Gasteiger partial charge in [0.05, 0.1) is 0 Å². The summed E-state index contributed by atoms with van der Waals surface area (Å²) >= 11 is 0. The molecule has 0 saturated carbocycles. The summed E-state index contributed by atoms with van der Waals surface area (Å²) < 4.78 is 0. The summed E-state index contributed by atoms with van der Waals surface area (Å²) in [6, 6.07) is 3.23. The van der Waals surface area contributed by atoms with Crippen LogP contribution in [0, 0.1) is 5.92 Å². The van der Waals surface area contributed by atoms with Crippen molar-refractivity contribution >= 4 is 5.95 Å². The van der Waals surface area contributed by atoms with Gasteiger partial charge in [-0.3, -0.25) is 9.89 Å². The Bertz CT molecular complexity index is 620. The predicted octanol–water partition coefficient (Wildman–Crippen LogP) is 0.596. The highest BCUT2D eigenvalue weighted by Crippen LogP contribution is 2.22. The molecule has 7 heteroatoms. The monoisotopic (exact) mass is 288 g/mol. The van der Waals surface area contributed by atoms with Gasteiger partial charge in [-0.15, -0.1) is 5.10 Å². The molecule has 0 aliphatic carbocycles. The van der Waals surface area contributed by atoms with E-state index in [2.05, 4.69) is 30.4 Å². The molecule has 0 spiro atoms. The average molecular weight is 288 g/mol. The van der Waals surface area contributed by atoms with Crippen molar-refractivity contribution in [3.8, 4) is 11.4 Å². The summed E-state index contributed by atoms with van der Waals surface area (Å²) in [6.45, 7) is 3.04. The molecular formula is C14H20N6O. The standard InChI is InChI=1S/C14H20N6O/c1-15-8-10-4-6-20(7-5-10)14-17-13(18-19-14)11-2-3-12(21)16-9-11/h2-3,9-10,15H,4-8H2,1H3,(H,16,21)(H,17,18,19). The molecule has 21 heavy (non-hydrogen) atoms. The van der Waals surface area contributed by atoms with Crippen LogP contribution in [-0.2, 0) is 0 Å². The van der Waals surface area contributed by atoms with Gasteiger partial charge in [-0.2, -0.15) is 4.98 Å². The first-order chi connectivity index (χ1) is 10.3. The van der Waals surface area contributed by atoms with Gasteiger partial charge in [0.25, 0.3) is 0 Å². The van der Waals surface area contributed by atoms with E-state index in [-0.39, 0.29) is 5.56 Å². The highest BCUT2D eigenvalue weighted by molar-refractivity contribution is 5.54. The van der Waals surface area contributed by atoms with E-state index in [1.807, 2.05) is 7.05 Å². The lowest BCUT2D eigenvalue weighted by molar-refractivity contribution is 0.391. The van der Waals surface area contributed by atoms with Crippen LogP contribution in [0.25, 0.3) is 11.4 Å². The number of hydrogen-bond acceptors (Lipinski definition) is 5. The van der Waals surface area contributed by atoms with Crippen LogP contribution in [0.4, 0.5) is 5.95 Å². The molecule has 1 fully saturated rings. The van der Waals surface area contributed by atoms with Crippen molar-refractivity contribution in [2.24, 2.45) is 5.92 Å². The highest BCUT2D eigenvalue weighted by atomic mass is 16.1. The summed E-state index contributed by atoms with van der Waals surface area (Å²) in [5.74, 6) is 2.15. The Morgan fingerprint density at radius 2 is 2.19 bits per heavy atom. The van der Waals surface area contributed by atoms with Crippen molar-refractivity contribution in [1.29, 1.82) is 0 Å². The smallest absolute Gasteiger partial charge is 0.247 e. The average Bonchev–Trinajstić information content (AvgIpc) is 2.99. The third-order valence-corrected chi connectivity index (χ3v) is 3.92. The fourth-order valence-electron chi connectivity index (χ4n) is 2.71. The molecule has 2 aromatic heterocycles. The molecule has 1 aliphatic heterocycles. The first-order valence-electron chi connectivity index (χ1n) is 7.27. The molecule has 0 atom stereocenters. The van der Waals surface area contributed by atoms with Crippen molar-refractivity contribution < 1.29 is 0 Å². The van der Waals surface area contributed by atoms with Gasteiger partial charge in [0.15, 0.2) is 5.82 Å². The number of pyridine rings is 1. The minimum atomic E-state index is -0.120. The zero-order valence-corrected chi connectivity index (χ0v) is 12.1. The fourth-order valence-corrected chi connectivity index (χ4v) is 2.71. The minimum absolute atomic E-state index is 0.120. The molecule has 0 aromatic carbocycles. The molecule has 0 radical (unpaired) electrons. The zero-order chi connectivity index (χ0) is 14.7. The number of aromatic nitrogens is 4. The molecule has 7 nitrogen and oxygen atoms in total. The number of piperidine rings is 1. The van der Waals surface area contributed by atoms with Crippen molar-refractivity contribution in [2.45, 2.75) is 12.8 Å². The first kappa shape index (κ1) is 13.8. The van der Waals surface area contributed by atoms with E-state index in [4.69, 9.17) is 0 Å². The Morgan fingerprint density at radius 1 is 1.38 bits per heavy atom. The van der Waals surface area contributed by atoms with Crippen LogP contribution >= 0.6 is 0 Å². The van der Waals surface area contributed by atoms with E-state index in [0.717, 1.165) is 49.9 Å². The van der Waals surface area contributed by atoms with E-state index in [9.17, 15) is 4.79 Å². The Hall–Kier alpha value is -2.15. The van der Waals surface area contributed by atoms with Gasteiger partial charge in [-0.05, 0) is 38.4 Å². The van der Waals surface area contributed by atoms with Crippen molar-refractivity contribution in [3.05, 3.63) is 28.7 Å². The van der Waals surface area contributed by atoms with Crippen LogP contribution in [0.5, 0.6) is 0 Å². The van der Waals surface area contributed by atoms with Crippen LogP contribution in [0.2, 0.25) is 0 Å². The molecule has 3 N–H and O–H groups in total. The van der Waals surface area contributed by atoms with E-state index in [1.165, 1.54) is 6.07 Å². The summed E-state index contributed by atoms with van der Waals surface area (Å²) in [7, 11) is 2.00. The minimum Gasteiger partial charge on any atom is -0.340 e. The number of nitrogens with one attached hydrogen (secondary N) is 3. The van der Waals surface area contributed by atoms with Gasteiger partial charge in [-0.1, -0.05) is 0 Å². The second-order valence-electron chi connectivity index (χ2n) is 5.41. The van der Waals surface area contributed by atoms with Crippen LogP contribution in [0.15, 0.2) is 23.1 Å². The summed E-state index contributed by atoms with van der Waals surface area (Å²) in [5, 5.41) is 10.5. The molecular weight excluding hydrogens is 268 g/mol. The second kappa shape index (κ2) is 6.09. The number of aromatic amines is 2. The number of nitrogens with zero attached hydrogens (tertiary/aromatic N) is 3. The quantitative estimate of drug-likeness (QED) is 0.766. The second-order valence-corrected chi connectivity index (χ2v) is 5.41. The van der Waals surface area contributed by atoms with Gasteiger partial charge >= 0.3 is 0 Å². The summed E-state index contributed by atoms with van der Waals surface area (Å²) in [6.07, 6.45) is 3.96. The summed E-state index contributed by atoms with van der Waals surface area (Å²) in [4.78, 5) is 20.5. The van der Waals surface area contributed by atoms with Crippen molar-refractivity contribution in [1.82, 2.24) is 25.5 Å². The molecule has 3 heterocycles. The third-order valence-electron chi connectivity index (χ3n) is 3.92. The Morgan fingerprint density at radius 3 is 2.86 bits per heavy atom. The van der Waals surface area contributed by atoms with Crippen molar-refractivity contribution in [3.63, 3.8) is 0 Å². The zero-order valence-electron chi connectivity index (χ0n) is 12.1. The Balaban J connectivity index is 1.68. The SMILES string of the molecule is CNCC1CCN(c2n[nH]c(-c3ccc(=O)[nH]c3)n2)CC1. The van der Waals surface area contributed by atoms with Gasteiger partial charge < -0.3 is 15.2 Å². The largest absolute Gasteiger partial charge is 0.340 e. The van der Waals surface area contributed by atoms with Gasteiger partial charge in [0, 0.05) is 30.9 Å². The Kier molecular flexibility index (Phi) is 4.01. The topological polar surface area (TPSA) is 89.7 Å². The molecule has 3 rings (SSSR count). The number of H-pyrrole nitrogens is 2. The lowest BCUT2D eigenvalue weighted by Crippen LogP contribution is -2.37. The van der Waals surface area contributed by atoms with Gasteiger partial charge in [0.1, 0.15) is 0 Å². The normalized spacial score (nSPS) is 16.3. The molecule has 2 aromatic rings. The van der Waals surface area contributed by atoms with Crippen molar-refractivity contribution in [2.75, 3.05) is 31.6 Å². The van der Waals surface area contributed by atoms with E-state index in [1.54, 1.807) is 12.3 Å². The van der Waals surface area contributed by atoms with Crippen LogP contribution in [-0.4, -0.2) is 46.8 Å². The third kappa shape index (κ3) is 3.13. The number of hydrogen-bond donors (Lipinski definition) is 3. The maximum atomic E-state index is 11.1. The Labute approximate surface area is 122 Å². The summed E-state index contributed by atoms with van der Waals surface area (Å²) in [5.41, 5.74) is 0.712. The molecule has 0 amide bonds. The predicted molar refractivity (Wildman–Crippen MR) is 81.3 cm³/mol. The van der Waals surface area contributed by atoms with E-state index in [0.29, 0.717) is 5.82 Å². The maximum absolute atomic E-state index is 11.1. The first-order valence-corrected chi connectivity index (χ1v) is 7.27. The molecule has 112 valence electrons. The lowest BCUT2D eigenvalue weighted by Gasteiger charge is -2.30. The molecule has 1 saturated heterocycles. The van der Waals surface area contributed by atoms with Gasteiger partial charge in [0.2, 0.25) is 11.5 Å². The van der Waals surface area contributed by atoms with Gasteiger partial charge in [-0.25, -0.2) is 0 Å². The van der Waals surface area contributed by atoms with Crippen LogP contribution < -0.4 is 15.8 Å². The molecule has 0 unspecified atom stereocenters. The highest BCUT2D eigenvalue weighted by Gasteiger charge is 2.21. The number of rotatable bonds is 4. The van der Waals surface area contributed by atoms with Crippen LogP contribution in [0.1, 0.15) is 12.8 Å². The lowest BCUT2D eigenvalue weighted by atomic mass is 9.97. The van der Waals surface area contributed by atoms with E-state index >= 15 is 0 Å². The number of anilines is 1. The fraction of sp³-hybridized carbons (Fsp3) is 0.500. The maximum Gasteiger partial charge on any atom is 0.247 e. The van der Waals surface area contributed by atoms with Crippen LogP contribution in [0.3, 0.4) is 0 Å². The van der Waals surface area contributed by atoms with E-state index < -0.39 is 0 Å². The molecule has 1 aliphatic rings. The molecule has 0 bridgehead atoms.